The Kier molecular flexibility index (Phi) is 4.82. The Morgan fingerprint density at radius 3 is 3.00 bits per heavy atom. The standard InChI is InChI=1S/C14H19BrN2O2/c1-17(11-3-2-7-16-8-6-11)14(19)12-9-10(15)4-5-13(12)18/h4-5,9,11,16,18H,2-3,6-8H2,1H3. The normalized spacial score (nSPS) is 19.8. The van der Waals surface area contributed by atoms with E-state index in [0.717, 1.165) is 36.8 Å². The van der Waals surface area contributed by atoms with Crippen molar-refractivity contribution in [3.05, 3.63) is 28.2 Å². The Morgan fingerprint density at radius 2 is 2.21 bits per heavy atom. The lowest BCUT2D eigenvalue weighted by Crippen LogP contribution is -2.37. The van der Waals surface area contributed by atoms with Crippen LogP contribution in [0.3, 0.4) is 0 Å². The summed E-state index contributed by atoms with van der Waals surface area (Å²) in [6, 6.07) is 5.17. The first-order valence-electron chi connectivity index (χ1n) is 6.56. The van der Waals surface area contributed by atoms with Gasteiger partial charge in [0.2, 0.25) is 0 Å². The van der Waals surface area contributed by atoms with E-state index in [1.54, 1.807) is 23.1 Å². The SMILES string of the molecule is CN(C(=O)c1cc(Br)ccc1O)C1CCCNCC1. The first-order valence-corrected chi connectivity index (χ1v) is 7.35. The number of hydrogen-bond donors (Lipinski definition) is 2. The van der Waals surface area contributed by atoms with Crippen LogP contribution in [0.15, 0.2) is 22.7 Å². The summed E-state index contributed by atoms with van der Waals surface area (Å²) in [5.41, 5.74) is 0.356. The van der Waals surface area contributed by atoms with Gasteiger partial charge in [-0.05, 0) is 50.6 Å². The van der Waals surface area contributed by atoms with Gasteiger partial charge in [0.1, 0.15) is 5.75 Å². The van der Waals surface area contributed by atoms with Crippen molar-refractivity contribution in [2.24, 2.45) is 0 Å². The highest BCUT2D eigenvalue weighted by Crippen LogP contribution is 2.24. The molecule has 1 atom stereocenters. The van der Waals surface area contributed by atoms with Gasteiger partial charge in [-0.25, -0.2) is 0 Å². The molecule has 1 amide bonds. The predicted octanol–water partition coefficient (Wildman–Crippen LogP) is 2.37. The highest BCUT2D eigenvalue weighted by molar-refractivity contribution is 9.10. The van der Waals surface area contributed by atoms with Crippen LogP contribution in [0, 0.1) is 0 Å². The predicted molar refractivity (Wildman–Crippen MR) is 78.4 cm³/mol. The van der Waals surface area contributed by atoms with E-state index in [1.165, 1.54) is 0 Å². The first-order chi connectivity index (χ1) is 9.09. The third-order valence-corrected chi connectivity index (χ3v) is 4.10. The second-order valence-electron chi connectivity index (χ2n) is 4.91. The van der Waals surface area contributed by atoms with Crippen molar-refractivity contribution in [2.45, 2.75) is 25.3 Å². The Morgan fingerprint density at radius 1 is 1.42 bits per heavy atom. The monoisotopic (exact) mass is 326 g/mol. The molecule has 0 bridgehead atoms. The van der Waals surface area contributed by atoms with Crippen LogP contribution in [0.4, 0.5) is 0 Å². The van der Waals surface area contributed by atoms with Crippen molar-refractivity contribution in [1.82, 2.24) is 10.2 Å². The minimum Gasteiger partial charge on any atom is -0.507 e. The second-order valence-corrected chi connectivity index (χ2v) is 5.83. The number of carbonyl (C=O) groups excluding carboxylic acids is 1. The summed E-state index contributed by atoms with van der Waals surface area (Å²) in [7, 11) is 1.82. The molecule has 0 radical (unpaired) electrons. The fourth-order valence-corrected chi connectivity index (χ4v) is 2.78. The molecule has 1 aromatic carbocycles. The lowest BCUT2D eigenvalue weighted by atomic mass is 10.1. The van der Waals surface area contributed by atoms with Crippen LogP contribution < -0.4 is 5.32 Å². The van der Waals surface area contributed by atoms with Gasteiger partial charge in [0, 0.05) is 17.6 Å². The number of halogens is 1. The molecule has 4 nitrogen and oxygen atoms in total. The Hall–Kier alpha value is -1.07. The van der Waals surface area contributed by atoms with Crippen LogP contribution >= 0.6 is 15.9 Å². The average Bonchev–Trinajstić information content (AvgIpc) is 2.69. The molecule has 0 aromatic heterocycles. The number of phenols is 1. The first kappa shape index (κ1) is 14.3. The van der Waals surface area contributed by atoms with Crippen molar-refractivity contribution in [1.29, 1.82) is 0 Å². The number of amides is 1. The van der Waals surface area contributed by atoms with Gasteiger partial charge < -0.3 is 15.3 Å². The molecule has 1 heterocycles. The molecule has 0 aliphatic carbocycles. The maximum atomic E-state index is 12.5. The van der Waals surface area contributed by atoms with Crippen LogP contribution in [0.25, 0.3) is 0 Å². The summed E-state index contributed by atoms with van der Waals surface area (Å²) in [5, 5.41) is 13.2. The lowest BCUT2D eigenvalue weighted by molar-refractivity contribution is 0.0717. The summed E-state index contributed by atoms with van der Waals surface area (Å²) < 4.78 is 0.796. The maximum Gasteiger partial charge on any atom is 0.257 e. The molecule has 19 heavy (non-hydrogen) atoms. The number of phenolic OH excluding ortho intramolecular Hbond substituents is 1. The van der Waals surface area contributed by atoms with Crippen molar-refractivity contribution in [3.8, 4) is 5.75 Å². The third kappa shape index (κ3) is 3.48. The van der Waals surface area contributed by atoms with Crippen molar-refractivity contribution < 1.29 is 9.90 Å². The summed E-state index contributed by atoms with van der Waals surface area (Å²) in [4.78, 5) is 14.2. The molecule has 1 aliphatic rings. The molecular weight excluding hydrogens is 308 g/mol. The molecule has 104 valence electrons. The van der Waals surface area contributed by atoms with Gasteiger partial charge >= 0.3 is 0 Å². The van der Waals surface area contributed by atoms with Crippen LogP contribution in [0.1, 0.15) is 29.6 Å². The largest absolute Gasteiger partial charge is 0.507 e. The van der Waals surface area contributed by atoms with Crippen LogP contribution in [-0.4, -0.2) is 42.1 Å². The van der Waals surface area contributed by atoms with E-state index in [2.05, 4.69) is 21.2 Å². The zero-order valence-corrected chi connectivity index (χ0v) is 12.6. The second kappa shape index (κ2) is 6.39. The number of nitrogens with one attached hydrogen (secondary N) is 1. The molecule has 5 heteroatoms. The minimum absolute atomic E-state index is 0.0341. The van der Waals surface area contributed by atoms with E-state index in [0.29, 0.717) is 5.56 Å². The van der Waals surface area contributed by atoms with E-state index in [-0.39, 0.29) is 17.7 Å². The molecule has 2 rings (SSSR count). The Balaban J connectivity index is 2.15. The van der Waals surface area contributed by atoms with Crippen LogP contribution in [0.2, 0.25) is 0 Å². The Bertz CT molecular complexity index is 457. The van der Waals surface area contributed by atoms with Gasteiger partial charge in [-0.3, -0.25) is 4.79 Å². The van der Waals surface area contributed by atoms with Gasteiger partial charge in [0.25, 0.3) is 5.91 Å². The summed E-state index contributed by atoms with van der Waals surface area (Å²) >= 11 is 3.33. The molecule has 1 saturated heterocycles. The fourth-order valence-electron chi connectivity index (χ4n) is 2.42. The molecule has 0 saturated carbocycles. The molecule has 1 aliphatic heterocycles. The number of hydrogen-bond acceptors (Lipinski definition) is 3. The number of rotatable bonds is 2. The topological polar surface area (TPSA) is 52.6 Å². The van der Waals surface area contributed by atoms with Gasteiger partial charge in [0.15, 0.2) is 0 Å². The van der Waals surface area contributed by atoms with Gasteiger partial charge in [0.05, 0.1) is 5.56 Å². The summed E-state index contributed by atoms with van der Waals surface area (Å²) in [6.45, 7) is 1.95. The Labute approximate surface area is 121 Å². The minimum atomic E-state index is -0.120. The number of benzene rings is 1. The van der Waals surface area contributed by atoms with Gasteiger partial charge in [-0.1, -0.05) is 15.9 Å². The smallest absolute Gasteiger partial charge is 0.257 e. The maximum absolute atomic E-state index is 12.5. The quantitative estimate of drug-likeness (QED) is 0.877. The zero-order valence-electron chi connectivity index (χ0n) is 11.0. The molecule has 0 spiro atoms. The van der Waals surface area contributed by atoms with Crippen LogP contribution in [0.5, 0.6) is 5.75 Å². The molecule has 1 fully saturated rings. The van der Waals surface area contributed by atoms with Crippen molar-refractivity contribution >= 4 is 21.8 Å². The van der Waals surface area contributed by atoms with E-state index >= 15 is 0 Å². The van der Waals surface area contributed by atoms with Crippen molar-refractivity contribution in [2.75, 3.05) is 20.1 Å². The average molecular weight is 327 g/mol. The van der Waals surface area contributed by atoms with Gasteiger partial charge in [-0.15, -0.1) is 0 Å². The molecule has 1 aromatic rings. The van der Waals surface area contributed by atoms with Gasteiger partial charge in [-0.2, -0.15) is 0 Å². The summed E-state index contributed by atoms with van der Waals surface area (Å²) in [5.74, 6) is -0.0857. The highest BCUT2D eigenvalue weighted by atomic mass is 79.9. The lowest BCUT2D eigenvalue weighted by Gasteiger charge is -2.27. The van der Waals surface area contributed by atoms with E-state index < -0.39 is 0 Å². The summed E-state index contributed by atoms with van der Waals surface area (Å²) in [6.07, 6.45) is 3.04. The van der Waals surface area contributed by atoms with Crippen LogP contribution in [-0.2, 0) is 0 Å². The molecule has 1 unspecified atom stereocenters. The number of nitrogens with zero attached hydrogens (tertiary/aromatic N) is 1. The number of aromatic hydroxyl groups is 1. The fraction of sp³-hybridized carbons (Fsp3) is 0.500. The van der Waals surface area contributed by atoms with E-state index in [4.69, 9.17) is 0 Å². The van der Waals surface area contributed by atoms with Crippen molar-refractivity contribution in [3.63, 3.8) is 0 Å². The number of carbonyl (C=O) groups is 1. The van der Waals surface area contributed by atoms with E-state index in [9.17, 15) is 9.90 Å². The third-order valence-electron chi connectivity index (χ3n) is 3.60. The van der Waals surface area contributed by atoms with E-state index in [1.807, 2.05) is 7.05 Å². The highest BCUT2D eigenvalue weighted by Gasteiger charge is 2.23. The molecular formula is C14H19BrN2O2. The zero-order chi connectivity index (χ0) is 13.8. The molecule has 2 N–H and O–H groups in total.